The van der Waals surface area contributed by atoms with E-state index in [1.807, 2.05) is 6.08 Å². The Hall–Kier alpha value is -2.50. The summed E-state index contributed by atoms with van der Waals surface area (Å²) in [4.78, 5) is 4.03. The highest BCUT2D eigenvalue weighted by Crippen LogP contribution is 2.41. The maximum Gasteiger partial charge on any atom is 0.201 e. The maximum absolute atomic E-state index is 9.62. The van der Waals surface area contributed by atoms with Gasteiger partial charge >= 0.3 is 0 Å². The highest BCUT2D eigenvalue weighted by molar-refractivity contribution is 5.84. The Morgan fingerprint density at radius 1 is 1.29 bits per heavy atom. The number of benzene rings is 1. The van der Waals surface area contributed by atoms with E-state index in [4.69, 9.17) is 4.74 Å². The minimum Gasteiger partial charge on any atom is -0.504 e. The molecule has 0 aliphatic carbocycles. The smallest absolute Gasteiger partial charge is 0.201 e. The van der Waals surface area contributed by atoms with Gasteiger partial charge in [0, 0.05) is 11.1 Å². The van der Waals surface area contributed by atoms with Crippen molar-refractivity contribution in [1.29, 1.82) is 0 Å². The summed E-state index contributed by atoms with van der Waals surface area (Å²) in [7, 11) is 0. The van der Waals surface area contributed by atoms with E-state index < -0.39 is 0 Å². The van der Waals surface area contributed by atoms with Gasteiger partial charge in [-0.1, -0.05) is 0 Å². The summed E-state index contributed by atoms with van der Waals surface area (Å²) < 4.78 is 5.41. The molecule has 0 fully saturated rings. The van der Waals surface area contributed by atoms with Gasteiger partial charge in [0.1, 0.15) is 12.9 Å². The van der Waals surface area contributed by atoms with Crippen molar-refractivity contribution in [2.24, 2.45) is 0 Å². The average Bonchev–Trinajstić information content (AvgIpc) is 2.87. The molecule has 3 rings (SSSR count). The van der Waals surface area contributed by atoms with E-state index in [-0.39, 0.29) is 23.9 Å². The lowest BCUT2D eigenvalue weighted by molar-refractivity contribution is 0.324. The minimum absolute atomic E-state index is 0.194. The first-order valence-corrected chi connectivity index (χ1v) is 5.00. The molecular formula is C11H9N3O3. The SMILES string of the molecule is Oc1ccc2c(c1O)OCC(c1ncn[nH]1)=C2. The zero-order valence-electron chi connectivity index (χ0n) is 8.71. The van der Waals surface area contributed by atoms with Crippen LogP contribution in [0.1, 0.15) is 11.4 Å². The summed E-state index contributed by atoms with van der Waals surface area (Å²) in [6.45, 7) is 0.263. The van der Waals surface area contributed by atoms with Gasteiger partial charge in [-0.15, -0.1) is 0 Å². The Morgan fingerprint density at radius 3 is 2.94 bits per heavy atom. The molecule has 0 atom stereocenters. The van der Waals surface area contributed by atoms with Crippen LogP contribution in [0.5, 0.6) is 17.2 Å². The zero-order valence-corrected chi connectivity index (χ0v) is 8.71. The Bertz CT molecular complexity index is 590. The fourth-order valence-electron chi connectivity index (χ4n) is 1.72. The van der Waals surface area contributed by atoms with E-state index in [9.17, 15) is 10.2 Å². The molecule has 2 aromatic rings. The second-order valence-corrected chi connectivity index (χ2v) is 3.64. The van der Waals surface area contributed by atoms with E-state index in [0.29, 0.717) is 11.4 Å². The first-order chi connectivity index (χ1) is 8.25. The van der Waals surface area contributed by atoms with Gasteiger partial charge in [0.05, 0.1) is 0 Å². The van der Waals surface area contributed by atoms with E-state index >= 15 is 0 Å². The number of nitrogens with one attached hydrogen (secondary N) is 1. The van der Waals surface area contributed by atoms with Crippen LogP contribution in [-0.2, 0) is 0 Å². The summed E-state index contributed by atoms with van der Waals surface area (Å²) in [5.41, 5.74) is 1.53. The number of nitrogens with zero attached hydrogens (tertiary/aromatic N) is 2. The molecular weight excluding hydrogens is 222 g/mol. The van der Waals surface area contributed by atoms with Crippen LogP contribution in [0.4, 0.5) is 0 Å². The van der Waals surface area contributed by atoms with Crippen LogP contribution in [0.25, 0.3) is 11.6 Å². The number of aromatic amines is 1. The molecule has 1 aromatic heterocycles. The highest BCUT2D eigenvalue weighted by atomic mass is 16.5. The lowest BCUT2D eigenvalue weighted by atomic mass is 10.1. The Balaban J connectivity index is 2.09. The van der Waals surface area contributed by atoms with Gasteiger partial charge in [0.2, 0.25) is 5.75 Å². The first kappa shape index (κ1) is 9.71. The highest BCUT2D eigenvalue weighted by Gasteiger charge is 2.19. The number of phenols is 2. The summed E-state index contributed by atoms with van der Waals surface area (Å²) in [6, 6.07) is 3.08. The molecule has 0 saturated heterocycles. The molecule has 2 heterocycles. The number of H-pyrrole nitrogens is 1. The standard InChI is InChI=1S/C11H9N3O3/c15-8-2-1-6-3-7(11-12-5-13-14-11)4-17-10(6)9(8)16/h1-3,5,15-16H,4H2,(H,12,13,14). The maximum atomic E-state index is 9.62. The summed E-state index contributed by atoms with van der Waals surface area (Å²) in [5.74, 6) is 0.479. The molecule has 0 unspecified atom stereocenters. The lowest BCUT2D eigenvalue weighted by Gasteiger charge is -2.17. The molecule has 0 saturated carbocycles. The van der Waals surface area contributed by atoms with Gasteiger partial charge in [0.25, 0.3) is 0 Å². The minimum atomic E-state index is -0.240. The fourth-order valence-corrected chi connectivity index (χ4v) is 1.72. The molecule has 1 aliphatic heterocycles. The van der Waals surface area contributed by atoms with Gasteiger partial charge in [-0.2, -0.15) is 5.10 Å². The van der Waals surface area contributed by atoms with Gasteiger partial charge < -0.3 is 14.9 Å². The number of phenolic OH excluding ortho intramolecular Hbond substituents is 2. The van der Waals surface area contributed by atoms with Crippen molar-refractivity contribution in [3.05, 3.63) is 29.8 Å². The van der Waals surface area contributed by atoms with E-state index in [0.717, 1.165) is 5.57 Å². The zero-order chi connectivity index (χ0) is 11.8. The molecule has 1 aromatic carbocycles. The molecule has 17 heavy (non-hydrogen) atoms. The topological polar surface area (TPSA) is 91.3 Å². The molecule has 0 radical (unpaired) electrons. The number of ether oxygens (including phenoxy) is 1. The molecule has 6 heteroatoms. The van der Waals surface area contributed by atoms with Crippen molar-refractivity contribution in [1.82, 2.24) is 15.2 Å². The Labute approximate surface area is 96.2 Å². The molecule has 6 nitrogen and oxygen atoms in total. The van der Waals surface area contributed by atoms with Crippen LogP contribution < -0.4 is 4.74 Å². The molecule has 0 spiro atoms. The van der Waals surface area contributed by atoms with Crippen LogP contribution in [0, 0.1) is 0 Å². The van der Waals surface area contributed by atoms with Crippen LogP contribution in [-0.4, -0.2) is 32.0 Å². The molecule has 86 valence electrons. The fraction of sp³-hybridized carbons (Fsp3) is 0.0909. The summed E-state index contributed by atoms with van der Waals surface area (Å²) in [5, 5.41) is 25.5. The normalized spacial score (nSPS) is 13.8. The van der Waals surface area contributed by atoms with Crippen molar-refractivity contribution < 1.29 is 14.9 Å². The molecule has 0 amide bonds. The third kappa shape index (κ3) is 1.50. The van der Waals surface area contributed by atoms with Crippen molar-refractivity contribution in [3.8, 4) is 17.2 Å². The van der Waals surface area contributed by atoms with Crippen molar-refractivity contribution in [3.63, 3.8) is 0 Å². The summed E-state index contributed by atoms with van der Waals surface area (Å²) in [6.07, 6.45) is 3.25. The number of hydrogen-bond donors (Lipinski definition) is 3. The third-order valence-corrected chi connectivity index (χ3v) is 2.56. The van der Waals surface area contributed by atoms with Crippen molar-refractivity contribution in [2.45, 2.75) is 0 Å². The second kappa shape index (κ2) is 3.51. The molecule has 3 N–H and O–H groups in total. The number of aromatic hydroxyl groups is 2. The molecule has 1 aliphatic rings. The summed E-state index contributed by atoms with van der Waals surface area (Å²) >= 11 is 0. The largest absolute Gasteiger partial charge is 0.504 e. The van der Waals surface area contributed by atoms with Crippen molar-refractivity contribution >= 4 is 11.6 Å². The second-order valence-electron chi connectivity index (χ2n) is 3.64. The predicted octanol–water partition coefficient (Wildman–Crippen LogP) is 1.15. The van der Waals surface area contributed by atoms with Crippen LogP contribution in [0.3, 0.4) is 0 Å². The first-order valence-electron chi connectivity index (χ1n) is 5.00. The van der Waals surface area contributed by atoms with E-state index in [2.05, 4.69) is 15.2 Å². The number of hydrogen-bond acceptors (Lipinski definition) is 5. The quantitative estimate of drug-likeness (QED) is 0.640. The Morgan fingerprint density at radius 2 is 2.18 bits per heavy atom. The van der Waals surface area contributed by atoms with Crippen molar-refractivity contribution in [2.75, 3.05) is 6.61 Å². The van der Waals surface area contributed by atoms with Gasteiger partial charge in [0.15, 0.2) is 17.3 Å². The van der Waals surface area contributed by atoms with E-state index in [1.54, 1.807) is 6.07 Å². The average molecular weight is 231 g/mol. The Kier molecular flexibility index (Phi) is 2.01. The number of rotatable bonds is 1. The van der Waals surface area contributed by atoms with Crippen LogP contribution in [0.15, 0.2) is 18.5 Å². The number of aromatic nitrogens is 3. The van der Waals surface area contributed by atoms with Gasteiger partial charge in [-0.3, -0.25) is 5.10 Å². The monoisotopic (exact) mass is 231 g/mol. The van der Waals surface area contributed by atoms with Crippen LogP contribution >= 0.6 is 0 Å². The molecule has 0 bridgehead atoms. The van der Waals surface area contributed by atoms with Gasteiger partial charge in [-0.05, 0) is 18.2 Å². The number of fused-ring (bicyclic) bond motifs is 1. The van der Waals surface area contributed by atoms with Crippen LogP contribution in [0.2, 0.25) is 0 Å². The lowest BCUT2D eigenvalue weighted by Crippen LogP contribution is -2.07. The predicted molar refractivity (Wildman–Crippen MR) is 59.5 cm³/mol. The third-order valence-electron chi connectivity index (χ3n) is 2.56. The van der Waals surface area contributed by atoms with Gasteiger partial charge in [-0.25, -0.2) is 4.98 Å². The van der Waals surface area contributed by atoms with E-state index in [1.165, 1.54) is 12.4 Å².